The van der Waals surface area contributed by atoms with E-state index in [-0.39, 0.29) is 0 Å². The van der Waals surface area contributed by atoms with Gasteiger partial charge in [-0.15, -0.1) is 0 Å². The lowest BCUT2D eigenvalue weighted by atomic mass is 10.1. The number of unbranched alkanes of at least 4 members (excludes halogenated alkanes) is 8. The second kappa shape index (κ2) is 17.5. The van der Waals surface area contributed by atoms with Crippen LogP contribution in [0.4, 0.5) is 5.69 Å². The van der Waals surface area contributed by atoms with Gasteiger partial charge >= 0.3 is 0 Å². The van der Waals surface area contributed by atoms with Crippen LogP contribution in [-0.2, 0) is 0 Å². The Bertz CT molecular complexity index is 495. The second-order valence-corrected chi connectivity index (χ2v) is 8.14. The molecule has 0 fully saturated rings. The fourth-order valence-electron chi connectivity index (χ4n) is 3.41. The first-order valence-electron chi connectivity index (χ1n) is 12.4. The highest BCUT2D eigenvalue weighted by Crippen LogP contribution is 2.33. The zero-order chi connectivity index (χ0) is 21.2. The lowest BCUT2D eigenvalue weighted by Gasteiger charge is -2.27. The Morgan fingerprint density at radius 3 is 1.86 bits per heavy atom. The summed E-state index contributed by atoms with van der Waals surface area (Å²) in [6.07, 6.45) is 14.8. The van der Waals surface area contributed by atoms with Crippen molar-refractivity contribution in [1.29, 1.82) is 0 Å². The number of benzene rings is 1. The van der Waals surface area contributed by atoms with Crippen LogP contribution in [0.5, 0.6) is 11.5 Å². The van der Waals surface area contributed by atoms with E-state index in [0.717, 1.165) is 57.1 Å². The molecule has 0 aliphatic rings. The van der Waals surface area contributed by atoms with E-state index in [1.54, 1.807) is 0 Å². The lowest BCUT2D eigenvalue weighted by Crippen LogP contribution is -2.26. The van der Waals surface area contributed by atoms with Crippen molar-refractivity contribution in [3.8, 4) is 11.5 Å². The van der Waals surface area contributed by atoms with Gasteiger partial charge in [-0.3, -0.25) is 0 Å². The summed E-state index contributed by atoms with van der Waals surface area (Å²) in [5.74, 6) is 1.99. The van der Waals surface area contributed by atoms with Gasteiger partial charge in [-0.25, -0.2) is 0 Å². The van der Waals surface area contributed by atoms with Gasteiger partial charge in [-0.2, -0.15) is 0 Å². The normalized spacial score (nSPS) is 10.9. The van der Waals surface area contributed by atoms with Crippen molar-refractivity contribution in [2.45, 2.75) is 105 Å². The first kappa shape index (κ1) is 25.7. The summed E-state index contributed by atoms with van der Waals surface area (Å²) in [5.41, 5.74) is 1.21. The van der Waals surface area contributed by atoms with Crippen LogP contribution in [0.15, 0.2) is 18.2 Å². The molecular formula is C26H47NO2. The topological polar surface area (TPSA) is 21.7 Å². The second-order valence-electron chi connectivity index (χ2n) is 8.14. The van der Waals surface area contributed by atoms with Gasteiger partial charge in [-0.1, -0.05) is 79.1 Å². The molecule has 0 spiro atoms. The summed E-state index contributed by atoms with van der Waals surface area (Å²) in [6, 6.07) is 6.41. The molecule has 0 radical (unpaired) electrons. The molecule has 0 saturated heterocycles. The van der Waals surface area contributed by atoms with E-state index in [1.807, 2.05) is 0 Å². The maximum atomic E-state index is 6.27. The van der Waals surface area contributed by atoms with Crippen molar-refractivity contribution in [2.75, 3.05) is 31.2 Å². The summed E-state index contributed by atoms with van der Waals surface area (Å²) < 4.78 is 12.3. The van der Waals surface area contributed by atoms with Gasteiger partial charge in [0.15, 0.2) is 0 Å². The standard InChI is InChI=1S/C26H47NO2/c1-5-9-13-14-15-16-22-29-26-18-17-24(28-21-12-8-4)23-25(26)27(19-10-6-2)20-11-7-3/h17-18,23H,5-16,19-22H2,1-4H3. The SMILES string of the molecule is CCCCCCCCOc1ccc(OCCCC)cc1N(CCCC)CCCC. The third-order valence-corrected chi connectivity index (χ3v) is 5.36. The summed E-state index contributed by atoms with van der Waals surface area (Å²) in [7, 11) is 0. The van der Waals surface area contributed by atoms with Crippen LogP contribution >= 0.6 is 0 Å². The average Bonchev–Trinajstić information content (AvgIpc) is 2.74. The van der Waals surface area contributed by atoms with Crippen molar-refractivity contribution in [3.63, 3.8) is 0 Å². The van der Waals surface area contributed by atoms with Crippen molar-refractivity contribution in [2.24, 2.45) is 0 Å². The Morgan fingerprint density at radius 2 is 1.21 bits per heavy atom. The van der Waals surface area contributed by atoms with Crippen LogP contribution in [0, 0.1) is 0 Å². The van der Waals surface area contributed by atoms with Crippen LogP contribution in [0.25, 0.3) is 0 Å². The van der Waals surface area contributed by atoms with Gasteiger partial charge in [0.25, 0.3) is 0 Å². The van der Waals surface area contributed by atoms with Gasteiger partial charge in [0.2, 0.25) is 0 Å². The molecule has 3 heteroatoms. The minimum absolute atomic E-state index is 0.790. The predicted octanol–water partition coefficient (Wildman–Crippen LogP) is 8.01. The number of rotatable bonds is 19. The summed E-state index contributed by atoms with van der Waals surface area (Å²) in [4.78, 5) is 2.51. The molecule has 0 heterocycles. The monoisotopic (exact) mass is 405 g/mol. The molecule has 168 valence electrons. The fourth-order valence-corrected chi connectivity index (χ4v) is 3.41. The van der Waals surface area contributed by atoms with Gasteiger partial charge in [-0.05, 0) is 37.8 Å². The molecule has 3 nitrogen and oxygen atoms in total. The van der Waals surface area contributed by atoms with E-state index in [4.69, 9.17) is 9.47 Å². The fraction of sp³-hybridized carbons (Fsp3) is 0.769. The maximum absolute atomic E-state index is 6.27. The third kappa shape index (κ3) is 11.4. The number of hydrogen-bond acceptors (Lipinski definition) is 3. The molecule has 0 saturated carbocycles. The van der Waals surface area contributed by atoms with Crippen molar-refractivity contribution in [1.82, 2.24) is 0 Å². The zero-order valence-corrected chi connectivity index (χ0v) is 19.8. The molecule has 0 N–H and O–H groups in total. The van der Waals surface area contributed by atoms with Gasteiger partial charge in [0.05, 0.1) is 18.9 Å². The molecule has 0 atom stereocenters. The average molecular weight is 406 g/mol. The first-order chi connectivity index (χ1) is 14.3. The smallest absolute Gasteiger partial charge is 0.142 e. The molecule has 0 aromatic heterocycles. The van der Waals surface area contributed by atoms with Crippen molar-refractivity contribution in [3.05, 3.63) is 18.2 Å². The minimum atomic E-state index is 0.790. The third-order valence-electron chi connectivity index (χ3n) is 5.36. The van der Waals surface area contributed by atoms with E-state index >= 15 is 0 Å². The minimum Gasteiger partial charge on any atom is -0.494 e. The van der Waals surface area contributed by atoms with Gasteiger partial charge in [0.1, 0.15) is 11.5 Å². The quantitative estimate of drug-likeness (QED) is 0.218. The molecular weight excluding hydrogens is 358 g/mol. The van der Waals surface area contributed by atoms with Gasteiger partial charge in [0, 0.05) is 19.2 Å². The number of ether oxygens (including phenoxy) is 2. The number of hydrogen-bond donors (Lipinski definition) is 0. The Hall–Kier alpha value is -1.38. The summed E-state index contributed by atoms with van der Waals surface area (Å²) in [6.45, 7) is 12.8. The largest absolute Gasteiger partial charge is 0.494 e. The summed E-state index contributed by atoms with van der Waals surface area (Å²) >= 11 is 0. The van der Waals surface area contributed by atoms with Crippen molar-refractivity contribution < 1.29 is 9.47 Å². The van der Waals surface area contributed by atoms with Crippen LogP contribution in [0.1, 0.15) is 105 Å². The van der Waals surface area contributed by atoms with Gasteiger partial charge < -0.3 is 14.4 Å². The Kier molecular flexibility index (Phi) is 15.5. The van der Waals surface area contributed by atoms with E-state index in [1.165, 1.54) is 63.5 Å². The lowest BCUT2D eigenvalue weighted by molar-refractivity contribution is 0.298. The Labute approximate surface area is 181 Å². The Balaban J connectivity index is 2.78. The Morgan fingerprint density at radius 1 is 0.621 bits per heavy atom. The molecule has 0 aliphatic carbocycles. The molecule has 0 aliphatic heterocycles. The van der Waals surface area contributed by atoms with Crippen LogP contribution < -0.4 is 14.4 Å². The summed E-state index contributed by atoms with van der Waals surface area (Å²) in [5, 5.41) is 0. The van der Waals surface area contributed by atoms with E-state index < -0.39 is 0 Å². The van der Waals surface area contributed by atoms with Crippen LogP contribution in [0.2, 0.25) is 0 Å². The highest BCUT2D eigenvalue weighted by Gasteiger charge is 2.14. The molecule has 29 heavy (non-hydrogen) atoms. The van der Waals surface area contributed by atoms with E-state index in [2.05, 4.69) is 50.8 Å². The first-order valence-corrected chi connectivity index (χ1v) is 12.4. The van der Waals surface area contributed by atoms with E-state index in [0.29, 0.717) is 0 Å². The molecule has 1 aromatic carbocycles. The zero-order valence-electron chi connectivity index (χ0n) is 19.8. The molecule has 1 rings (SSSR count). The van der Waals surface area contributed by atoms with E-state index in [9.17, 15) is 0 Å². The molecule has 0 bridgehead atoms. The molecule has 1 aromatic rings. The molecule has 0 amide bonds. The highest BCUT2D eigenvalue weighted by atomic mass is 16.5. The number of anilines is 1. The molecule has 0 unspecified atom stereocenters. The van der Waals surface area contributed by atoms with Crippen LogP contribution in [-0.4, -0.2) is 26.3 Å². The highest BCUT2D eigenvalue weighted by molar-refractivity contribution is 5.61. The predicted molar refractivity (Wildman–Crippen MR) is 128 cm³/mol. The van der Waals surface area contributed by atoms with Crippen molar-refractivity contribution >= 4 is 5.69 Å². The maximum Gasteiger partial charge on any atom is 0.142 e. The number of nitrogens with zero attached hydrogens (tertiary/aromatic N) is 1. The van der Waals surface area contributed by atoms with Crippen LogP contribution in [0.3, 0.4) is 0 Å².